The van der Waals surface area contributed by atoms with Gasteiger partial charge < -0.3 is 16.2 Å². The van der Waals surface area contributed by atoms with Crippen LogP contribution >= 0.6 is 0 Å². The molecule has 0 saturated carbocycles. The number of hydrogen-bond donors (Lipinski definition) is 3. The minimum Gasteiger partial charge on any atom is -0.507 e. The van der Waals surface area contributed by atoms with Crippen LogP contribution in [0.25, 0.3) is 33.2 Å². The van der Waals surface area contributed by atoms with Crippen molar-refractivity contribution in [2.75, 3.05) is 11.1 Å². The molecule has 0 unspecified atom stereocenters. The quantitative estimate of drug-likeness (QED) is 0.250. The van der Waals surface area contributed by atoms with Crippen molar-refractivity contribution < 1.29 is 23.1 Å². The van der Waals surface area contributed by atoms with Crippen LogP contribution in [0.3, 0.4) is 0 Å². The maximum absolute atomic E-state index is 13.1. The zero-order valence-electron chi connectivity index (χ0n) is 20.8. The van der Waals surface area contributed by atoms with Crippen molar-refractivity contribution in [3.8, 4) is 34.1 Å². The maximum atomic E-state index is 13.1. The standard InChI is InChI=1S/C29H19F3N6O2/c1-15-2-5-18(27(40)37-23-12-20(8-9-35-23)29(30,31)32)10-21(15)22-11-19-14-36-28(34)38-25(19)24(26(22)39)17-6-3-16(13-33)4-7-17/h2-12,14,39H,1H3,(H2,34,36,38)(H,35,37,40). The summed E-state index contributed by atoms with van der Waals surface area (Å²) >= 11 is 0. The van der Waals surface area contributed by atoms with Gasteiger partial charge in [-0.3, -0.25) is 4.79 Å². The summed E-state index contributed by atoms with van der Waals surface area (Å²) in [6, 6.07) is 16.5. The molecule has 0 radical (unpaired) electrons. The molecular formula is C29H19F3N6O2. The van der Waals surface area contributed by atoms with Crippen molar-refractivity contribution in [2.24, 2.45) is 0 Å². The number of fused-ring (bicyclic) bond motifs is 1. The Hall–Kier alpha value is -5.50. The number of nitriles is 1. The summed E-state index contributed by atoms with van der Waals surface area (Å²) in [5.41, 5.74) is 8.35. The first-order valence-electron chi connectivity index (χ1n) is 11.8. The van der Waals surface area contributed by atoms with E-state index in [4.69, 9.17) is 5.73 Å². The van der Waals surface area contributed by atoms with Crippen molar-refractivity contribution in [3.63, 3.8) is 0 Å². The summed E-state index contributed by atoms with van der Waals surface area (Å²) < 4.78 is 39.2. The first-order chi connectivity index (χ1) is 19.0. The van der Waals surface area contributed by atoms with Gasteiger partial charge in [-0.05, 0) is 66.1 Å². The van der Waals surface area contributed by atoms with Crippen LogP contribution < -0.4 is 11.1 Å². The van der Waals surface area contributed by atoms with Gasteiger partial charge in [0, 0.05) is 28.9 Å². The Morgan fingerprint density at radius 1 is 1.02 bits per heavy atom. The molecule has 2 heterocycles. The van der Waals surface area contributed by atoms with Crippen LogP contribution in [-0.4, -0.2) is 26.0 Å². The number of nitrogens with zero attached hydrogens (tertiary/aromatic N) is 4. The lowest BCUT2D eigenvalue weighted by Gasteiger charge is -2.16. The van der Waals surface area contributed by atoms with E-state index in [1.165, 1.54) is 18.3 Å². The number of nitrogens with one attached hydrogen (secondary N) is 1. The third-order valence-corrected chi connectivity index (χ3v) is 6.29. The summed E-state index contributed by atoms with van der Waals surface area (Å²) in [6.07, 6.45) is -2.11. The van der Waals surface area contributed by atoms with Gasteiger partial charge in [0.1, 0.15) is 11.6 Å². The smallest absolute Gasteiger partial charge is 0.416 e. The average Bonchev–Trinajstić information content (AvgIpc) is 2.93. The number of carbonyl (C=O) groups is 1. The summed E-state index contributed by atoms with van der Waals surface area (Å²) in [5.74, 6) is -1.08. The van der Waals surface area contributed by atoms with Gasteiger partial charge in [0.25, 0.3) is 5.91 Å². The van der Waals surface area contributed by atoms with Gasteiger partial charge in [0.15, 0.2) is 0 Å². The lowest BCUT2D eigenvalue weighted by atomic mass is 9.91. The van der Waals surface area contributed by atoms with Crippen molar-refractivity contribution in [3.05, 3.63) is 95.3 Å². The van der Waals surface area contributed by atoms with E-state index in [1.807, 2.05) is 6.07 Å². The van der Waals surface area contributed by atoms with E-state index in [2.05, 4.69) is 20.3 Å². The molecule has 5 aromatic rings. The van der Waals surface area contributed by atoms with Gasteiger partial charge in [-0.1, -0.05) is 18.2 Å². The lowest BCUT2D eigenvalue weighted by Crippen LogP contribution is -2.14. The number of benzene rings is 3. The van der Waals surface area contributed by atoms with Crippen LogP contribution in [0.5, 0.6) is 5.75 Å². The highest BCUT2D eigenvalue weighted by molar-refractivity contribution is 6.06. The molecule has 0 atom stereocenters. The highest BCUT2D eigenvalue weighted by Gasteiger charge is 2.31. The predicted molar refractivity (Wildman–Crippen MR) is 143 cm³/mol. The molecule has 8 nitrogen and oxygen atoms in total. The number of halogens is 3. The number of hydrogen-bond acceptors (Lipinski definition) is 7. The number of nitrogens with two attached hydrogens (primary N) is 1. The second-order valence-electron chi connectivity index (χ2n) is 8.91. The molecule has 0 bridgehead atoms. The molecule has 0 aliphatic rings. The summed E-state index contributed by atoms with van der Waals surface area (Å²) in [6.45, 7) is 1.79. The second-order valence-corrected chi connectivity index (χ2v) is 8.91. The molecule has 0 spiro atoms. The molecule has 0 saturated heterocycles. The van der Waals surface area contributed by atoms with Crippen LogP contribution in [0.15, 0.2) is 73.1 Å². The number of anilines is 2. The average molecular weight is 541 g/mol. The normalized spacial score (nSPS) is 11.3. The van der Waals surface area contributed by atoms with Gasteiger partial charge >= 0.3 is 6.18 Å². The summed E-state index contributed by atoms with van der Waals surface area (Å²) in [7, 11) is 0. The van der Waals surface area contributed by atoms with Crippen LogP contribution in [0.4, 0.5) is 24.9 Å². The van der Waals surface area contributed by atoms with E-state index >= 15 is 0 Å². The maximum Gasteiger partial charge on any atom is 0.416 e. The van der Waals surface area contributed by atoms with E-state index in [1.54, 1.807) is 43.3 Å². The third kappa shape index (κ3) is 4.98. The molecule has 2 aromatic heterocycles. The molecular weight excluding hydrogens is 521 g/mol. The number of phenols is 1. The second kappa shape index (κ2) is 9.99. The molecule has 0 fully saturated rings. The molecule has 4 N–H and O–H groups in total. The van der Waals surface area contributed by atoms with Crippen LogP contribution in [0.2, 0.25) is 0 Å². The van der Waals surface area contributed by atoms with E-state index < -0.39 is 17.6 Å². The number of pyridine rings is 1. The number of phenolic OH excluding ortho intramolecular Hbond substituents is 1. The van der Waals surface area contributed by atoms with E-state index in [9.17, 15) is 28.3 Å². The number of aromatic nitrogens is 3. The van der Waals surface area contributed by atoms with Crippen LogP contribution in [0.1, 0.15) is 27.0 Å². The van der Waals surface area contributed by atoms with Gasteiger partial charge in [-0.15, -0.1) is 0 Å². The first-order valence-corrected chi connectivity index (χ1v) is 11.8. The molecule has 5 rings (SSSR count). The van der Waals surface area contributed by atoms with Crippen LogP contribution in [0, 0.1) is 18.3 Å². The van der Waals surface area contributed by atoms with Gasteiger partial charge in [0.05, 0.1) is 28.3 Å². The number of amides is 1. The zero-order valence-corrected chi connectivity index (χ0v) is 20.8. The minimum absolute atomic E-state index is 0.00703. The minimum atomic E-state index is -4.59. The zero-order chi connectivity index (χ0) is 28.6. The fourth-order valence-corrected chi connectivity index (χ4v) is 4.29. The SMILES string of the molecule is Cc1ccc(C(=O)Nc2cc(C(F)(F)F)ccn2)cc1-c1cc2cnc(N)nc2c(-c2ccc(C#N)cc2)c1O. The van der Waals surface area contributed by atoms with Crippen molar-refractivity contribution >= 4 is 28.6 Å². The monoisotopic (exact) mass is 540 g/mol. The Kier molecular flexibility index (Phi) is 6.53. The first kappa shape index (κ1) is 26.1. The Morgan fingerprint density at radius 3 is 2.48 bits per heavy atom. The Bertz CT molecular complexity index is 1830. The Morgan fingerprint density at radius 2 is 1.77 bits per heavy atom. The van der Waals surface area contributed by atoms with Gasteiger partial charge in [-0.2, -0.15) is 18.4 Å². The van der Waals surface area contributed by atoms with Gasteiger partial charge in [0.2, 0.25) is 5.95 Å². The summed E-state index contributed by atoms with van der Waals surface area (Å²) in [4.78, 5) is 25.2. The number of alkyl halides is 3. The Balaban J connectivity index is 1.61. The number of rotatable bonds is 4. The molecule has 3 aromatic carbocycles. The molecule has 1 amide bonds. The largest absolute Gasteiger partial charge is 0.507 e. The highest BCUT2D eigenvalue weighted by Crippen LogP contribution is 2.44. The molecule has 40 heavy (non-hydrogen) atoms. The van der Waals surface area contributed by atoms with Gasteiger partial charge in [-0.25, -0.2) is 15.0 Å². The summed E-state index contributed by atoms with van der Waals surface area (Å²) in [5, 5.41) is 23.7. The third-order valence-electron chi connectivity index (χ3n) is 6.29. The van der Waals surface area contributed by atoms with E-state index in [0.29, 0.717) is 44.3 Å². The van der Waals surface area contributed by atoms with Crippen molar-refractivity contribution in [1.82, 2.24) is 15.0 Å². The molecule has 0 aliphatic carbocycles. The van der Waals surface area contributed by atoms with E-state index in [-0.39, 0.29) is 23.1 Å². The highest BCUT2D eigenvalue weighted by atomic mass is 19.4. The number of nitrogen functional groups attached to an aromatic ring is 1. The fourth-order valence-electron chi connectivity index (χ4n) is 4.29. The van der Waals surface area contributed by atoms with Crippen molar-refractivity contribution in [2.45, 2.75) is 13.1 Å². The predicted octanol–water partition coefficient (Wildman–Crippen LogP) is 6.10. The number of aromatic hydroxyl groups is 1. The number of carbonyl (C=O) groups excluding carboxylic acids is 1. The topological polar surface area (TPSA) is 138 Å². The van der Waals surface area contributed by atoms with Crippen molar-refractivity contribution in [1.29, 1.82) is 5.26 Å². The molecule has 0 aliphatic heterocycles. The molecule has 11 heteroatoms. The lowest BCUT2D eigenvalue weighted by molar-refractivity contribution is -0.137. The Labute approximate surface area is 225 Å². The van der Waals surface area contributed by atoms with E-state index in [0.717, 1.165) is 18.3 Å². The van der Waals surface area contributed by atoms with Crippen LogP contribution in [-0.2, 0) is 6.18 Å². The fraction of sp³-hybridized carbons (Fsp3) is 0.0690. The number of aryl methyl sites for hydroxylation is 1. The molecule has 198 valence electrons.